The monoisotopic (exact) mass is 311 g/mol. The van der Waals surface area contributed by atoms with Gasteiger partial charge in [0.15, 0.2) is 11.5 Å². The minimum absolute atomic E-state index is 0.0161. The lowest BCUT2D eigenvalue weighted by Crippen LogP contribution is -2.23. The molecule has 0 aliphatic carbocycles. The molecule has 0 saturated carbocycles. The highest BCUT2D eigenvalue weighted by atomic mass is 35.5. The molecule has 0 atom stereocenters. The molecule has 0 aromatic heterocycles. The van der Waals surface area contributed by atoms with Gasteiger partial charge in [-0.2, -0.15) is 13.2 Å². The van der Waals surface area contributed by atoms with E-state index in [1.165, 1.54) is 0 Å². The fourth-order valence-electron chi connectivity index (χ4n) is 1.69. The first kappa shape index (κ1) is 15.2. The summed E-state index contributed by atoms with van der Waals surface area (Å²) in [7, 11) is 0. The smallest absolute Gasteiger partial charge is 0.411 e. The molecule has 0 spiro atoms. The fraction of sp³-hybridized carbons (Fsp3) is 0.500. The Morgan fingerprint density at radius 1 is 1.30 bits per heavy atom. The van der Waals surface area contributed by atoms with Crippen molar-refractivity contribution in [3.63, 3.8) is 0 Å². The van der Waals surface area contributed by atoms with E-state index < -0.39 is 12.8 Å². The standard InChI is InChI=1S/C12H13ClF3NO3/c13-9-3-8(4-10-11(9)20-7-19-10)5-17-1-2-18-6-12(14,15)16/h3-4,17H,1-2,5-7H2. The molecule has 1 aliphatic rings. The molecule has 20 heavy (non-hydrogen) atoms. The van der Waals surface area contributed by atoms with Gasteiger partial charge < -0.3 is 19.5 Å². The Morgan fingerprint density at radius 3 is 2.85 bits per heavy atom. The molecule has 2 rings (SSSR count). The molecule has 0 radical (unpaired) electrons. The van der Waals surface area contributed by atoms with Crippen LogP contribution in [0.2, 0.25) is 5.02 Å². The van der Waals surface area contributed by atoms with Crippen LogP contribution in [0.1, 0.15) is 5.56 Å². The van der Waals surface area contributed by atoms with Crippen LogP contribution in [-0.4, -0.2) is 32.7 Å². The van der Waals surface area contributed by atoms with Crippen molar-refractivity contribution in [3.8, 4) is 11.5 Å². The van der Waals surface area contributed by atoms with Crippen molar-refractivity contribution in [3.05, 3.63) is 22.7 Å². The first-order valence-electron chi connectivity index (χ1n) is 5.89. The second-order valence-electron chi connectivity index (χ2n) is 4.16. The summed E-state index contributed by atoms with van der Waals surface area (Å²) in [6, 6.07) is 3.50. The van der Waals surface area contributed by atoms with Crippen LogP contribution in [0.3, 0.4) is 0 Å². The normalized spacial score (nSPS) is 13.8. The Bertz CT molecular complexity index is 468. The van der Waals surface area contributed by atoms with Gasteiger partial charge in [-0.1, -0.05) is 11.6 Å². The minimum Gasteiger partial charge on any atom is -0.454 e. The molecule has 1 heterocycles. The summed E-state index contributed by atoms with van der Waals surface area (Å²) in [4.78, 5) is 0. The fourth-order valence-corrected chi connectivity index (χ4v) is 1.98. The summed E-state index contributed by atoms with van der Waals surface area (Å²) < 4.78 is 50.3. The summed E-state index contributed by atoms with van der Waals surface area (Å²) in [5, 5.41) is 3.41. The van der Waals surface area contributed by atoms with Gasteiger partial charge >= 0.3 is 6.18 Å². The first-order valence-corrected chi connectivity index (χ1v) is 6.27. The Kier molecular flexibility index (Phi) is 4.95. The first-order chi connectivity index (χ1) is 9.46. The maximum absolute atomic E-state index is 11.8. The van der Waals surface area contributed by atoms with Gasteiger partial charge in [-0.05, 0) is 17.7 Å². The second kappa shape index (κ2) is 6.51. The minimum atomic E-state index is -4.29. The van der Waals surface area contributed by atoms with Crippen LogP contribution in [-0.2, 0) is 11.3 Å². The van der Waals surface area contributed by atoms with Crippen LogP contribution in [0.4, 0.5) is 13.2 Å². The number of halogens is 4. The van der Waals surface area contributed by atoms with Crippen molar-refractivity contribution in [1.82, 2.24) is 5.32 Å². The Labute approximate surface area is 118 Å². The van der Waals surface area contributed by atoms with Crippen molar-refractivity contribution < 1.29 is 27.4 Å². The Balaban J connectivity index is 1.71. The highest BCUT2D eigenvalue weighted by molar-refractivity contribution is 6.32. The average Bonchev–Trinajstić information content (AvgIpc) is 2.81. The number of hydrogen-bond acceptors (Lipinski definition) is 4. The quantitative estimate of drug-likeness (QED) is 0.820. The molecule has 1 aromatic carbocycles. The van der Waals surface area contributed by atoms with E-state index in [2.05, 4.69) is 10.1 Å². The Hall–Kier alpha value is -1.18. The summed E-state index contributed by atoms with van der Waals surface area (Å²) in [6.45, 7) is -0.354. The van der Waals surface area contributed by atoms with Gasteiger partial charge in [0.25, 0.3) is 0 Å². The van der Waals surface area contributed by atoms with E-state index in [9.17, 15) is 13.2 Å². The van der Waals surface area contributed by atoms with E-state index in [0.29, 0.717) is 29.6 Å². The maximum Gasteiger partial charge on any atom is 0.411 e. The SMILES string of the molecule is FC(F)(F)COCCNCc1cc(Cl)c2c(c1)OCO2. The maximum atomic E-state index is 11.8. The molecule has 0 unspecified atom stereocenters. The van der Waals surface area contributed by atoms with E-state index >= 15 is 0 Å². The van der Waals surface area contributed by atoms with Gasteiger partial charge in [0.05, 0.1) is 11.6 Å². The number of nitrogens with one attached hydrogen (secondary N) is 1. The molecule has 1 aromatic rings. The molecule has 0 amide bonds. The predicted molar refractivity (Wildman–Crippen MR) is 66.2 cm³/mol. The number of rotatable bonds is 6. The van der Waals surface area contributed by atoms with E-state index in [0.717, 1.165) is 5.56 Å². The molecule has 0 bridgehead atoms. The molecule has 4 nitrogen and oxygen atoms in total. The third-order valence-corrected chi connectivity index (χ3v) is 2.79. The van der Waals surface area contributed by atoms with Gasteiger partial charge in [0, 0.05) is 13.1 Å². The van der Waals surface area contributed by atoms with E-state index in [-0.39, 0.29) is 13.4 Å². The Morgan fingerprint density at radius 2 is 2.10 bits per heavy atom. The van der Waals surface area contributed by atoms with Crippen LogP contribution in [0, 0.1) is 0 Å². The van der Waals surface area contributed by atoms with Gasteiger partial charge in [0.1, 0.15) is 6.61 Å². The second-order valence-corrected chi connectivity index (χ2v) is 4.56. The van der Waals surface area contributed by atoms with Crippen LogP contribution in [0.15, 0.2) is 12.1 Å². The average molecular weight is 312 g/mol. The highest BCUT2D eigenvalue weighted by Gasteiger charge is 2.27. The number of hydrogen-bond donors (Lipinski definition) is 1. The third kappa shape index (κ3) is 4.43. The van der Waals surface area contributed by atoms with Crippen LogP contribution < -0.4 is 14.8 Å². The summed E-state index contributed by atoms with van der Waals surface area (Å²) in [6.07, 6.45) is -4.29. The molecule has 112 valence electrons. The van der Waals surface area contributed by atoms with E-state index in [1.54, 1.807) is 12.1 Å². The molecule has 1 N–H and O–H groups in total. The number of ether oxygens (including phenoxy) is 3. The van der Waals surface area contributed by atoms with Crippen molar-refractivity contribution in [2.45, 2.75) is 12.7 Å². The van der Waals surface area contributed by atoms with Gasteiger partial charge in [0.2, 0.25) is 6.79 Å². The zero-order valence-corrected chi connectivity index (χ0v) is 11.2. The lowest BCUT2D eigenvalue weighted by molar-refractivity contribution is -0.173. The summed E-state index contributed by atoms with van der Waals surface area (Å²) in [5.74, 6) is 1.09. The van der Waals surface area contributed by atoms with Crippen molar-refractivity contribution in [2.75, 3.05) is 26.6 Å². The number of alkyl halides is 3. The summed E-state index contributed by atoms with van der Waals surface area (Å²) >= 11 is 6.01. The number of fused-ring (bicyclic) bond motifs is 1. The predicted octanol–water partition coefficient (Wildman–Crippen LogP) is 2.74. The number of benzene rings is 1. The topological polar surface area (TPSA) is 39.7 Å². The van der Waals surface area contributed by atoms with Crippen molar-refractivity contribution in [1.29, 1.82) is 0 Å². The highest BCUT2D eigenvalue weighted by Crippen LogP contribution is 2.39. The van der Waals surface area contributed by atoms with Gasteiger partial charge in [-0.25, -0.2) is 0 Å². The zero-order valence-electron chi connectivity index (χ0n) is 10.4. The van der Waals surface area contributed by atoms with Crippen molar-refractivity contribution in [2.24, 2.45) is 0 Å². The molecular formula is C12H13ClF3NO3. The molecule has 8 heteroatoms. The summed E-state index contributed by atoms with van der Waals surface area (Å²) in [5.41, 5.74) is 0.857. The molecule has 0 fully saturated rings. The van der Waals surface area contributed by atoms with E-state index in [1.807, 2.05) is 0 Å². The van der Waals surface area contributed by atoms with Crippen molar-refractivity contribution >= 4 is 11.6 Å². The van der Waals surface area contributed by atoms with Gasteiger partial charge in [-0.3, -0.25) is 0 Å². The molecular weight excluding hydrogens is 299 g/mol. The lowest BCUT2D eigenvalue weighted by atomic mass is 10.2. The van der Waals surface area contributed by atoms with Crippen LogP contribution in [0.5, 0.6) is 11.5 Å². The largest absolute Gasteiger partial charge is 0.454 e. The zero-order chi connectivity index (χ0) is 14.6. The van der Waals surface area contributed by atoms with E-state index in [4.69, 9.17) is 21.1 Å². The van der Waals surface area contributed by atoms with Crippen LogP contribution >= 0.6 is 11.6 Å². The van der Waals surface area contributed by atoms with Gasteiger partial charge in [-0.15, -0.1) is 0 Å². The third-order valence-electron chi connectivity index (χ3n) is 2.51. The van der Waals surface area contributed by atoms with Crippen LogP contribution in [0.25, 0.3) is 0 Å². The molecule has 0 saturated heterocycles. The lowest BCUT2D eigenvalue weighted by Gasteiger charge is -2.09. The molecule has 1 aliphatic heterocycles.